The first-order valence-corrected chi connectivity index (χ1v) is 5.45. The molecule has 1 aliphatic carbocycles. The number of rotatable bonds is 0. The smallest absolute Gasteiger partial charge is 0.104 e. The van der Waals surface area contributed by atoms with E-state index in [0.717, 1.165) is 19.1 Å². The molecule has 74 valence electrons. The van der Waals surface area contributed by atoms with Gasteiger partial charge in [0.1, 0.15) is 5.60 Å². The maximum atomic E-state index is 6.08. The van der Waals surface area contributed by atoms with Gasteiger partial charge in [0, 0.05) is 12.5 Å². The molecule has 0 radical (unpaired) electrons. The van der Waals surface area contributed by atoms with Crippen LogP contribution >= 0.6 is 0 Å². The van der Waals surface area contributed by atoms with Crippen LogP contribution in [0.4, 0.5) is 0 Å². The van der Waals surface area contributed by atoms with Crippen LogP contribution in [0.25, 0.3) is 0 Å². The monoisotopic (exact) mass is 182 g/mol. The molecule has 1 saturated carbocycles. The van der Waals surface area contributed by atoms with E-state index in [-0.39, 0.29) is 11.2 Å². The third-order valence-electron chi connectivity index (χ3n) is 4.41. The summed E-state index contributed by atoms with van der Waals surface area (Å²) < 4.78 is 11.9. The predicted molar refractivity (Wildman–Crippen MR) is 49.5 cm³/mol. The molecule has 0 N–H and O–H groups in total. The first-order chi connectivity index (χ1) is 6.17. The van der Waals surface area contributed by atoms with Gasteiger partial charge in [-0.25, -0.2) is 0 Å². The van der Waals surface area contributed by atoms with Gasteiger partial charge in [-0.3, -0.25) is 0 Å². The van der Waals surface area contributed by atoms with E-state index in [9.17, 15) is 0 Å². The summed E-state index contributed by atoms with van der Waals surface area (Å²) in [5, 5.41) is 0. The molecule has 2 heteroatoms. The van der Waals surface area contributed by atoms with E-state index in [1.807, 2.05) is 0 Å². The van der Waals surface area contributed by atoms with E-state index < -0.39 is 0 Å². The molecule has 3 fully saturated rings. The van der Waals surface area contributed by atoms with Crippen molar-refractivity contribution < 1.29 is 9.47 Å². The fourth-order valence-electron chi connectivity index (χ4n) is 3.78. The van der Waals surface area contributed by atoms with Gasteiger partial charge in [0.2, 0.25) is 0 Å². The van der Waals surface area contributed by atoms with Crippen molar-refractivity contribution in [3.05, 3.63) is 0 Å². The lowest BCUT2D eigenvalue weighted by molar-refractivity contribution is -0.244. The zero-order valence-electron chi connectivity index (χ0n) is 8.51. The molecule has 0 aromatic heterocycles. The molecule has 2 nitrogen and oxygen atoms in total. The van der Waals surface area contributed by atoms with Gasteiger partial charge in [0.05, 0.1) is 12.2 Å². The highest BCUT2D eigenvalue weighted by atomic mass is 16.6. The Morgan fingerprint density at radius 2 is 2.00 bits per heavy atom. The van der Waals surface area contributed by atoms with Gasteiger partial charge < -0.3 is 9.47 Å². The summed E-state index contributed by atoms with van der Waals surface area (Å²) in [5.74, 6) is 1.47. The zero-order valence-corrected chi connectivity index (χ0v) is 8.51. The highest BCUT2D eigenvalue weighted by Crippen LogP contribution is 2.61. The second kappa shape index (κ2) is 2.29. The Morgan fingerprint density at radius 3 is 2.69 bits per heavy atom. The van der Waals surface area contributed by atoms with Crippen LogP contribution in [0, 0.1) is 11.8 Å². The largest absolute Gasteiger partial charge is 0.372 e. The van der Waals surface area contributed by atoms with E-state index in [1.54, 1.807) is 0 Å². The predicted octanol–water partition coefficient (Wildman–Crippen LogP) is 1.98. The van der Waals surface area contributed by atoms with Crippen molar-refractivity contribution in [1.82, 2.24) is 0 Å². The van der Waals surface area contributed by atoms with Gasteiger partial charge in [0.15, 0.2) is 0 Å². The van der Waals surface area contributed by atoms with Crippen LogP contribution in [-0.2, 0) is 9.47 Å². The lowest BCUT2D eigenvalue weighted by atomic mass is 9.54. The zero-order chi connectivity index (χ0) is 9.10. The average Bonchev–Trinajstić information content (AvgIpc) is 2.25. The van der Waals surface area contributed by atoms with Crippen molar-refractivity contribution in [3.63, 3.8) is 0 Å². The van der Waals surface area contributed by atoms with E-state index >= 15 is 0 Å². The molecule has 0 bridgehead atoms. The van der Waals surface area contributed by atoms with Gasteiger partial charge >= 0.3 is 0 Å². The Morgan fingerprint density at radius 1 is 1.15 bits per heavy atom. The number of hydrogen-bond donors (Lipinski definition) is 0. The molecule has 13 heavy (non-hydrogen) atoms. The molecular formula is C11H18O2. The molecule has 1 spiro atoms. The second-order valence-electron chi connectivity index (χ2n) is 5.23. The van der Waals surface area contributed by atoms with E-state index in [4.69, 9.17) is 9.47 Å². The van der Waals surface area contributed by atoms with Gasteiger partial charge in [-0.2, -0.15) is 0 Å². The lowest BCUT2D eigenvalue weighted by Gasteiger charge is -2.58. The Kier molecular flexibility index (Phi) is 1.45. The lowest BCUT2D eigenvalue weighted by Crippen LogP contribution is -2.66. The van der Waals surface area contributed by atoms with Crippen LogP contribution in [0.3, 0.4) is 0 Å². The van der Waals surface area contributed by atoms with E-state index in [2.05, 4.69) is 13.8 Å². The molecule has 0 amide bonds. The maximum Gasteiger partial charge on any atom is 0.104 e. The average molecular weight is 182 g/mol. The van der Waals surface area contributed by atoms with Gasteiger partial charge in [-0.15, -0.1) is 0 Å². The minimum atomic E-state index is -0.0407. The molecule has 0 unspecified atom stereocenters. The third-order valence-corrected chi connectivity index (χ3v) is 4.41. The summed E-state index contributed by atoms with van der Waals surface area (Å²) in [6.45, 7) is 6.26. The SMILES string of the molecule is CC1(C)OC[C@H]2C[C@@H]3CCCO[C@@]321. The second-order valence-corrected chi connectivity index (χ2v) is 5.23. The highest BCUT2D eigenvalue weighted by molar-refractivity contribution is 5.18. The fourth-order valence-corrected chi connectivity index (χ4v) is 3.78. The first kappa shape index (κ1) is 8.25. The minimum Gasteiger partial charge on any atom is -0.372 e. The summed E-state index contributed by atoms with van der Waals surface area (Å²) in [6.07, 6.45) is 3.93. The van der Waals surface area contributed by atoms with Gasteiger partial charge in [-0.1, -0.05) is 0 Å². The summed E-state index contributed by atoms with van der Waals surface area (Å²) >= 11 is 0. The normalized spacial score (nSPS) is 52.2. The Bertz CT molecular complexity index is 236. The third kappa shape index (κ3) is 0.774. The Hall–Kier alpha value is -0.0800. The molecule has 3 atom stereocenters. The van der Waals surface area contributed by atoms with Crippen LogP contribution in [-0.4, -0.2) is 24.4 Å². The number of ether oxygens (including phenoxy) is 2. The first-order valence-electron chi connectivity index (χ1n) is 5.45. The van der Waals surface area contributed by atoms with Crippen LogP contribution in [0.2, 0.25) is 0 Å². The van der Waals surface area contributed by atoms with Gasteiger partial charge in [0.25, 0.3) is 0 Å². The van der Waals surface area contributed by atoms with Crippen LogP contribution in [0.1, 0.15) is 33.1 Å². The summed E-state index contributed by atoms with van der Waals surface area (Å²) in [7, 11) is 0. The van der Waals surface area contributed by atoms with E-state index in [1.165, 1.54) is 19.3 Å². The Labute approximate surface area is 79.6 Å². The quantitative estimate of drug-likeness (QED) is 0.570. The number of hydrogen-bond acceptors (Lipinski definition) is 2. The van der Waals surface area contributed by atoms with Crippen LogP contribution < -0.4 is 0 Å². The molecule has 3 aliphatic rings. The van der Waals surface area contributed by atoms with Crippen molar-refractivity contribution >= 4 is 0 Å². The van der Waals surface area contributed by atoms with E-state index in [0.29, 0.717) is 5.92 Å². The van der Waals surface area contributed by atoms with Crippen LogP contribution in [0.5, 0.6) is 0 Å². The summed E-state index contributed by atoms with van der Waals surface area (Å²) in [6, 6.07) is 0. The fraction of sp³-hybridized carbons (Fsp3) is 1.00. The molecule has 2 saturated heterocycles. The van der Waals surface area contributed by atoms with Crippen molar-refractivity contribution in [1.29, 1.82) is 0 Å². The molecule has 2 aliphatic heterocycles. The Balaban J connectivity index is 1.97. The van der Waals surface area contributed by atoms with Crippen molar-refractivity contribution in [2.24, 2.45) is 11.8 Å². The molecule has 0 aromatic carbocycles. The maximum absolute atomic E-state index is 6.08. The minimum absolute atomic E-state index is 0.0407. The standard InChI is InChI=1S/C11H18O2/c1-10(2)11-8(4-3-5-12-11)6-9(11)7-13-10/h8-9H,3-7H2,1-2H3/t8-,9+,11-/m0/s1. The van der Waals surface area contributed by atoms with Crippen molar-refractivity contribution in [3.8, 4) is 0 Å². The molecular weight excluding hydrogens is 164 g/mol. The van der Waals surface area contributed by atoms with Crippen LogP contribution in [0.15, 0.2) is 0 Å². The topological polar surface area (TPSA) is 18.5 Å². The molecule has 2 heterocycles. The van der Waals surface area contributed by atoms with Gasteiger partial charge in [-0.05, 0) is 39.0 Å². The van der Waals surface area contributed by atoms with Crippen molar-refractivity contribution in [2.75, 3.05) is 13.2 Å². The summed E-state index contributed by atoms with van der Waals surface area (Å²) in [5.41, 5.74) is 0.0618. The van der Waals surface area contributed by atoms with Crippen molar-refractivity contribution in [2.45, 2.75) is 44.3 Å². The highest BCUT2D eigenvalue weighted by Gasteiger charge is 2.69. The molecule has 3 rings (SSSR count). The molecule has 0 aromatic rings. The summed E-state index contributed by atoms with van der Waals surface area (Å²) in [4.78, 5) is 0.